The minimum atomic E-state index is -3.80. The fraction of sp³-hybridized carbons (Fsp3) is 0.560. The third-order valence-electron chi connectivity index (χ3n) is 7.29. The molecule has 2 aliphatic heterocycles. The third kappa shape index (κ3) is 9.64. The maximum absolute atomic E-state index is 11.6. The Morgan fingerprint density at radius 3 is 2.35 bits per heavy atom. The van der Waals surface area contributed by atoms with Crippen LogP contribution in [-0.2, 0) is 34.9 Å². The SMILES string of the molecule is C\C=N/C(N)=c1/ncn(C2CCC(COP(O)(O)=S)O2)/c1=C(/C)CC.O=c1[nH]ncc2c1ncn2C1CCC(COP(=O)(O)S)O1. The number of imidazole rings is 2. The van der Waals surface area contributed by atoms with Crippen molar-refractivity contribution in [1.82, 2.24) is 29.3 Å². The summed E-state index contributed by atoms with van der Waals surface area (Å²) in [5.41, 5.74) is 7.68. The van der Waals surface area contributed by atoms with Gasteiger partial charge in [0.05, 0.1) is 55.1 Å². The molecule has 3 aromatic heterocycles. The summed E-state index contributed by atoms with van der Waals surface area (Å²) < 4.78 is 36.0. The number of fused-ring (bicyclic) bond motifs is 1. The number of nitrogens with one attached hydrogen (secondary N) is 1. The minimum Gasteiger partial charge on any atom is -0.382 e. The maximum Gasteiger partial charge on any atom is 0.383 e. The maximum atomic E-state index is 11.6. The van der Waals surface area contributed by atoms with Gasteiger partial charge in [0.25, 0.3) is 5.56 Å². The Labute approximate surface area is 274 Å². The lowest BCUT2D eigenvalue weighted by Crippen LogP contribution is -2.37. The molecule has 0 amide bonds. The van der Waals surface area contributed by atoms with Crippen LogP contribution in [0.4, 0.5) is 0 Å². The molecular weight excluding hydrogens is 682 g/mol. The van der Waals surface area contributed by atoms with Crippen molar-refractivity contribution in [3.8, 4) is 0 Å². The predicted octanol–water partition coefficient (Wildman–Crippen LogP) is 1.33. The van der Waals surface area contributed by atoms with Gasteiger partial charge in [-0.15, -0.1) is 0 Å². The van der Waals surface area contributed by atoms with Crippen LogP contribution in [0.3, 0.4) is 0 Å². The number of rotatable bonds is 10. The molecule has 5 atom stereocenters. The van der Waals surface area contributed by atoms with E-state index in [0.717, 1.165) is 30.2 Å². The van der Waals surface area contributed by atoms with E-state index in [1.165, 1.54) is 12.5 Å². The lowest BCUT2D eigenvalue weighted by atomic mass is 10.2. The average molecular weight is 721 g/mol. The Bertz CT molecular complexity index is 1820. The number of hydrogen-bond acceptors (Lipinski definition) is 12. The van der Waals surface area contributed by atoms with Crippen LogP contribution >= 0.6 is 25.8 Å². The fourth-order valence-electron chi connectivity index (χ4n) is 5.05. The number of hydrogen-bond donors (Lipinski definition) is 6. The number of nitrogens with two attached hydrogens (primary N) is 1. The number of aliphatic imine (C=N–C) groups is 1. The van der Waals surface area contributed by atoms with E-state index in [0.29, 0.717) is 35.0 Å². The summed E-state index contributed by atoms with van der Waals surface area (Å²) in [7, 11) is 0. The second-order valence-electron chi connectivity index (χ2n) is 10.5. The first-order chi connectivity index (χ1) is 21.7. The molecule has 0 bridgehead atoms. The van der Waals surface area contributed by atoms with Crippen LogP contribution in [0.15, 0.2) is 28.6 Å². The molecule has 17 nitrogen and oxygen atoms in total. The normalized spacial score (nSPS) is 24.6. The lowest BCUT2D eigenvalue weighted by Gasteiger charge is -2.17. The van der Waals surface area contributed by atoms with Crippen molar-refractivity contribution >= 4 is 66.2 Å². The molecule has 0 saturated carbocycles. The number of ether oxygens (including phenoxy) is 2. The minimum absolute atomic E-state index is 0.0146. The smallest absolute Gasteiger partial charge is 0.382 e. The van der Waals surface area contributed by atoms with E-state index in [4.69, 9.17) is 29.1 Å². The highest BCUT2D eigenvalue weighted by Crippen LogP contribution is 2.47. The summed E-state index contributed by atoms with van der Waals surface area (Å²) in [4.78, 5) is 51.5. The van der Waals surface area contributed by atoms with Gasteiger partial charge in [-0.1, -0.05) is 19.2 Å². The zero-order valence-electron chi connectivity index (χ0n) is 25.4. The zero-order chi connectivity index (χ0) is 33.6. The van der Waals surface area contributed by atoms with E-state index in [1.807, 2.05) is 11.5 Å². The second-order valence-corrected chi connectivity index (χ2v) is 15.9. The molecule has 5 rings (SSSR count). The largest absolute Gasteiger partial charge is 0.383 e. The predicted molar refractivity (Wildman–Crippen MR) is 176 cm³/mol. The van der Waals surface area contributed by atoms with Crippen molar-refractivity contribution in [2.75, 3.05) is 13.2 Å². The quantitative estimate of drug-likeness (QED) is 0.0986. The molecule has 3 aromatic rings. The lowest BCUT2D eigenvalue weighted by molar-refractivity contribution is -0.0208. The molecule has 254 valence electrons. The van der Waals surface area contributed by atoms with E-state index < -0.39 is 13.5 Å². The Balaban J connectivity index is 0.000000211. The highest BCUT2D eigenvalue weighted by Gasteiger charge is 2.30. The Kier molecular flexibility index (Phi) is 12.5. The number of nitrogens with zero attached hydrogens (tertiary/aromatic N) is 6. The van der Waals surface area contributed by atoms with E-state index in [2.05, 4.69) is 56.1 Å². The number of H-pyrrole nitrogens is 1. The number of aromatic amines is 1. The standard InChI is InChI=1S/C15H25N4O4PS.C10H13N4O5PS/c1-4-10(3)14-13(15(16)17-5-2)18-9-19(14)12-7-6-11(23-12)8-22-24(20,21)25;15-10-9-7(3-12-13-10)14(5-11-9)8-2-1-6(19-8)4-18-20(16,17)21/h5,9,11-12H,4,6-8,16H2,1-3H3,(H2,20,21,25);3,5-6,8H,1-2,4H2,(H,13,15)(H2,16,17,21)/b14-10-,15-13+,17-5-;. The highest BCUT2D eigenvalue weighted by molar-refractivity contribution is 8.44. The van der Waals surface area contributed by atoms with Gasteiger partial charge in [-0.3, -0.25) is 9.32 Å². The number of thiol groups is 1. The molecule has 5 heterocycles. The Hall–Kier alpha value is -2.28. The second kappa shape index (κ2) is 15.7. The van der Waals surface area contributed by atoms with Crippen LogP contribution in [0.2, 0.25) is 0 Å². The Morgan fingerprint density at radius 2 is 1.76 bits per heavy atom. The van der Waals surface area contributed by atoms with Gasteiger partial charge in [-0.2, -0.15) is 5.10 Å². The summed E-state index contributed by atoms with van der Waals surface area (Å²) >= 11 is 7.91. The van der Waals surface area contributed by atoms with Gasteiger partial charge in [0, 0.05) is 6.21 Å². The molecule has 0 radical (unpaired) electrons. The zero-order valence-corrected chi connectivity index (χ0v) is 28.9. The van der Waals surface area contributed by atoms with Crippen LogP contribution < -0.4 is 22.0 Å². The van der Waals surface area contributed by atoms with E-state index in [1.54, 1.807) is 24.0 Å². The molecule has 46 heavy (non-hydrogen) atoms. The molecule has 5 unspecified atom stereocenters. The molecule has 21 heteroatoms. The van der Waals surface area contributed by atoms with E-state index in [9.17, 15) is 19.1 Å². The summed E-state index contributed by atoms with van der Waals surface area (Å²) in [5, 5.41) is 7.61. The first kappa shape index (κ1) is 36.6. The fourth-order valence-corrected chi connectivity index (χ4v) is 6.16. The summed E-state index contributed by atoms with van der Waals surface area (Å²) in [6, 6.07) is 0. The van der Waals surface area contributed by atoms with Gasteiger partial charge in [0.2, 0.25) is 0 Å². The van der Waals surface area contributed by atoms with Crippen LogP contribution in [0.5, 0.6) is 0 Å². The Morgan fingerprint density at radius 1 is 1.15 bits per heavy atom. The van der Waals surface area contributed by atoms with Crippen molar-refractivity contribution in [1.29, 1.82) is 0 Å². The first-order valence-corrected chi connectivity index (χ1v) is 19.7. The molecule has 2 saturated heterocycles. The van der Waals surface area contributed by atoms with Gasteiger partial charge in [0.1, 0.15) is 17.8 Å². The van der Waals surface area contributed by atoms with Crippen LogP contribution in [-0.4, -0.2) is 75.6 Å². The molecule has 0 aromatic carbocycles. The van der Waals surface area contributed by atoms with Crippen molar-refractivity contribution in [2.45, 2.75) is 77.5 Å². The number of aromatic nitrogens is 6. The molecule has 2 fully saturated rings. The van der Waals surface area contributed by atoms with Crippen LogP contribution in [0.25, 0.3) is 22.4 Å². The molecule has 0 aliphatic carbocycles. The summed E-state index contributed by atoms with van der Waals surface area (Å²) in [6.45, 7) is -1.52. The van der Waals surface area contributed by atoms with Crippen LogP contribution in [0.1, 0.15) is 65.3 Å². The molecular formula is C25H38N8O9P2S2. The highest BCUT2D eigenvalue weighted by atomic mass is 32.7. The van der Waals surface area contributed by atoms with Crippen LogP contribution in [0, 0.1) is 0 Å². The molecule has 2 aliphatic rings. The van der Waals surface area contributed by atoms with Gasteiger partial charge in [-0.05, 0) is 63.3 Å². The first-order valence-electron chi connectivity index (χ1n) is 14.3. The van der Waals surface area contributed by atoms with Gasteiger partial charge >= 0.3 is 13.5 Å². The van der Waals surface area contributed by atoms with Crippen molar-refractivity contribution in [3.63, 3.8) is 0 Å². The monoisotopic (exact) mass is 720 g/mol. The van der Waals surface area contributed by atoms with Crippen molar-refractivity contribution in [2.24, 2.45) is 10.7 Å². The van der Waals surface area contributed by atoms with Crippen molar-refractivity contribution in [3.05, 3.63) is 39.9 Å². The topological polar surface area (TPSA) is 234 Å². The van der Waals surface area contributed by atoms with Gasteiger partial charge < -0.3 is 43.5 Å². The van der Waals surface area contributed by atoms with Gasteiger partial charge in [0.15, 0.2) is 11.3 Å². The third-order valence-corrected chi connectivity index (χ3v) is 8.92. The van der Waals surface area contributed by atoms with E-state index in [-0.39, 0.29) is 43.4 Å². The molecule has 0 spiro atoms. The molecule has 6 N–H and O–H groups in total. The van der Waals surface area contributed by atoms with E-state index >= 15 is 0 Å². The summed E-state index contributed by atoms with van der Waals surface area (Å²) in [5.74, 6) is 0.364. The van der Waals surface area contributed by atoms with Gasteiger partial charge in [-0.25, -0.2) is 24.6 Å². The van der Waals surface area contributed by atoms with Crippen molar-refractivity contribution < 1.29 is 37.8 Å². The average Bonchev–Trinajstić information content (AvgIpc) is 3.80. The summed E-state index contributed by atoms with van der Waals surface area (Å²) in [6.07, 6.45) is 8.93.